The second-order valence-corrected chi connectivity index (χ2v) is 7.41. The van der Waals surface area contributed by atoms with E-state index in [9.17, 15) is 9.59 Å². The summed E-state index contributed by atoms with van der Waals surface area (Å²) in [6.07, 6.45) is 0.262. The summed E-state index contributed by atoms with van der Waals surface area (Å²) < 4.78 is 4.96. The molecule has 0 saturated carbocycles. The molecule has 0 aliphatic carbocycles. The molecule has 0 spiro atoms. The van der Waals surface area contributed by atoms with Crippen molar-refractivity contribution in [3.63, 3.8) is 0 Å². The standard InChI is InChI=1S/C25H25N3O3S/c1-2-31-24(30)20-13-15-21(16-14-20)26-25(32)28-27-23(29)17-22(18-9-5-3-6-10-18)19-11-7-4-8-12-19/h3-16,22H,2,17H2,1H3,(H,27,29)(H2,26,28,32). The van der Waals surface area contributed by atoms with E-state index in [4.69, 9.17) is 17.0 Å². The highest BCUT2D eigenvalue weighted by Crippen LogP contribution is 2.27. The second-order valence-electron chi connectivity index (χ2n) is 7.00. The van der Waals surface area contributed by atoms with Gasteiger partial charge in [-0.3, -0.25) is 15.6 Å². The molecule has 3 N–H and O–H groups in total. The number of esters is 1. The van der Waals surface area contributed by atoms with Crippen molar-refractivity contribution in [3.05, 3.63) is 102 Å². The molecule has 3 aromatic carbocycles. The van der Waals surface area contributed by atoms with Crippen molar-refractivity contribution < 1.29 is 14.3 Å². The van der Waals surface area contributed by atoms with Crippen LogP contribution < -0.4 is 16.2 Å². The first kappa shape index (κ1) is 23.0. The molecule has 0 aliphatic rings. The maximum absolute atomic E-state index is 12.6. The first-order valence-corrected chi connectivity index (χ1v) is 10.7. The summed E-state index contributed by atoms with van der Waals surface area (Å²) >= 11 is 5.25. The predicted octanol–water partition coefficient (Wildman–Crippen LogP) is 4.40. The van der Waals surface area contributed by atoms with E-state index >= 15 is 0 Å². The summed E-state index contributed by atoms with van der Waals surface area (Å²) in [7, 11) is 0. The number of benzene rings is 3. The molecule has 0 radical (unpaired) electrons. The molecular formula is C25H25N3O3S. The molecule has 0 bridgehead atoms. The molecular weight excluding hydrogens is 422 g/mol. The minimum absolute atomic E-state index is 0.0730. The lowest BCUT2D eigenvalue weighted by molar-refractivity contribution is -0.121. The van der Waals surface area contributed by atoms with Gasteiger partial charge < -0.3 is 10.1 Å². The fourth-order valence-electron chi connectivity index (χ4n) is 3.23. The normalized spacial score (nSPS) is 10.3. The molecule has 0 saturated heterocycles. The molecule has 0 atom stereocenters. The minimum atomic E-state index is -0.376. The fraction of sp³-hybridized carbons (Fsp3) is 0.160. The number of hydrazine groups is 1. The van der Waals surface area contributed by atoms with E-state index in [2.05, 4.69) is 16.2 Å². The fourth-order valence-corrected chi connectivity index (χ4v) is 3.40. The van der Waals surface area contributed by atoms with Crippen molar-refractivity contribution in [2.45, 2.75) is 19.3 Å². The summed E-state index contributed by atoms with van der Waals surface area (Å²) in [6, 6.07) is 26.6. The Bertz CT molecular complexity index is 1000. The number of hydrogen-bond donors (Lipinski definition) is 3. The van der Waals surface area contributed by atoms with Crippen molar-refractivity contribution in [3.8, 4) is 0 Å². The highest BCUT2D eigenvalue weighted by molar-refractivity contribution is 7.80. The Hall–Kier alpha value is -3.71. The van der Waals surface area contributed by atoms with Crippen LogP contribution in [0.2, 0.25) is 0 Å². The molecule has 0 aromatic heterocycles. The van der Waals surface area contributed by atoms with Crippen LogP contribution in [0.4, 0.5) is 5.69 Å². The molecule has 0 fully saturated rings. The molecule has 32 heavy (non-hydrogen) atoms. The molecule has 0 unspecified atom stereocenters. The number of hydrogen-bond acceptors (Lipinski definition) is 4. The lowest BCUT2D eigenvalue weighted by atomic mass is 9.88. The summed E-state index contributed by atoms with van der Waals surface area (Å²) in [5, 5.41) is 3.20. The zero-order valence-corrected chi connectivity index (χ0v) is 18.5. The van der Waals surface area contributed by atoms with E-state index < -0.39 is 0 Å². The Balaban J connectivity index is 1.55. The molecule has 0 aliphatic heterocycles. The monoisotopic (exact) mass is 447 g/mol. The Morgan fingerprint density at radius 3 is 1.94 bits per heavy atom. The zero-order chi connectivity index (χ0) is 22.8. The lowest BCUT2D eigenvalue weighted by Crippen LogP contribution is -2.44. The summed E-state index contributed by atoms with van der Waals surface area (Å²) in [6.45, 7) is 2.08. The average molecular weight is 448 g/mol. The maximum Gasteiger partial charge on any atom is 0.338 e. The van der Waals surface area contributed by atoms with E-state index in [0.717, 1.165) is 11.1 Å². The van der Waals surface area contributed by atoms with Gasteiger partial charge in [-0.15, -0.1) is 0 Å². The van der Waals surface area contributed by atoms with E-state index in [1.54, 1.807) is 31.2 Å². The first-order valence-electron chi connectivity index (χ1n) is 10.3. The molecule has 1 amide bonds. The van der Waals surface area contributed by atoms with Gasteiger partial charge in [0.2, 0.25) is 5.91 Å². The third-order valence-corrected chi connectivity index (χ3v) is 4.97. The number of anilines is 1. The van der Waals surface area contributed by atoms with Gasteiger partial charge in [-0.2, -0.15) is 0 Å². The minimum Gasteiger partial charge on any atom is -0.462 e. The van der Waals surface area contributed by atoms with E-state index in [-0.39, 0.29) is 29.3 Å². The van der Waals surface area contributed by atoms with Gasteiger partial charge >= 0.3 is 5.97 Å². The summed E-state index contributed by atoms with van der Waals surface area (Å²) in [5.74, 6) is -0.640. The van der Waals surface area contributed by atoms with Crippen molar-refractivity contribution >= 4 is 34.9 Å². The predicted molar refractivity (Wildman–Crippen MR) is 129 cm³/mol. The van der Waals surface area contributed by atoms with Gasteiger partial charge in [0.25, 0.3) is 0 Å². The van der Waals surface area contributed by atoms with Crippen LogP contribution >= 0.6 is 12.2 Å². The molecule has 3 rings (SSSR count). The topological polar surface area (TPSA) is 79.5 Å². The SMILES string of the molecule is CCOC(=O)c1ccc(NC(=S)NNC(=O)CC(c2ccccc2)c2ccccc2)cc1. The van der Waals surface area contributed by atoms with Crippen LogP contribution in [0.5, 0.6) is 0 Å². The highest BCUT2D eigenvalue weighted by atomic mass is 32.1. The quantitative estimate of drug-likeness (QED) is 0.283. The highest BCUT2D eigenvalue weighted by Gasteiger charge is 2.18. The lowest BCUT2D eigenvalue weighted by Gasteiger charge is -2.18. The number of carbonyl (C=O) groups excluding carboxylic acids is 2. The molecule has 164 valence electrons. The first-order chi connectivity index (χ1) is 15.6. The zero-order valence-electron chi connectivity index (χ0n) is 17.7. The van der Waals surface area contributed by atoms with Crippen LogP contribution in [0.15, 0.2) is 84.9 Å². The molecule has 6 nitrogen and oxygen atoms in total. The Kier molecular flexibility index (Phi) is 8.34. The van der Waals surface area contributed by atoms with Crippen LogP contribution in [-0.4, -0.2) is 23.6 Å². The summed E-state index contributed by atoms with van der Waals surface area (Å²) in [5.41, 5.74) is 8.64. The van der Waals surface area contributed by atoms with E-state index in [1.807, 2.05) is 60.7 Å². The van der Waals surface area contributed by atoms with Crippen LogP contribution in [0.3, 0.4) is 0 Å². The van der Waals surface area contributed by atoms with Crippen molar-refractivity contribution in [1.29, 1.82) is 0 Å². The number of amides is 1. The van der Waals surface area contributed by atoms with Gasteiger partial charge in [0.1, 0.15) is 0 Å². The number of rotatable bonds is 7. The van der Waals surface area contributed by atoms with Crippen LogP contribution in [0.25, 0.3) is 0 Å². The van der Waals surface area contributed by atoms with Crippen molar-refractivity contribution in [2.75, 3.05) is 11.9 Å². The van der Waals surface area contributed by atoms with Crippen molar-refractivity contribution in [2.24, 2.45) is 0 Å². The Labute approximate surface area is 193 Å². The third-order valence-electron chi connectivity index (χ3n) is 4.76. The third kappa shape index (κ3) is 6.65. The molecule has 7 heteroatoms. The average Bonchev–Trinajstić information content (AvgIpc) is 2.83. The van der Waals surface area contributed by atoms with E-state index in [0.29, 0.717) is 17.9 Å². The van der Waals surface area contributed by atoms with E-state index in [1.165, 1.54) is 0 Å². The number of carbonyl (C=O) groups is 2. The summed E-state index contributed by atoms with van der Waals surface area (Å²) in [4.78, 5) is 24.3. The number of ether oxygens (including phenoxy) is 1. The Morgan fingerprint density at radius 2 is 1.41 bits per heavy atom. The number of thiocarbonyl (C=S) groups is 1. The number of nitrogens with one attached hydrogen (secondary N) is 3. The van der Waals surface area contributed by atoms with Crippen LogP contribution in [-0.2, 0) is 9.53 Å². The molecule has 3 aromatic rings. The second kappa shape index (κ2) is 11.6. The largest absolute Gasteiger partial charge is 0.462 e. The van der Waals surface area contributed by atoms with Crippen LogP contribution in [0.1, 0.15) is 40.7 Å². The molecule has 0 heterocycles. The van der Waals surface area contributed by atoms with Gasteiger partial charge in [-0.25, -0.2) is 4.79 Å². The van der Waals surface area contributed by atoms with Gasteiger partial charge in [-0.1, -0.05) is 60.7 Å². The van der Waals surface area contributed by atoms with Crippen molar-refractivity contribution in [1.82, 2.24) is 10.9 Å². The van der Waals surface area contributed by atoms with Gasteiger partial charge in [0.05, 0.1) is 12.2 Å². The van der Waals surface area contributed by atoms with Crippen LogP contribution in [0, 0.1) is 0 Å². The van der Waals surface area contributed by atoms with Gasteiger partial charge in [-0.05, 0) is 54.5 Å². The Morgan fingerprint density at radius 1 is 0.844 bits per heavy atom. The maximum atomic E-state index is 12.6. The smallest absolute Gasteiger partial charge is 0.338 e. The van der Waals surface area contributed by atoms with Gasteiger partial charge in [0, 0.05) is 18.0 Å². The van der Waals surface area contributed by atoms with Gasteiger partial charge in [0.15, 0.2) is 5.11 Å².